The molecule has 1 unspecified atom stereocenters. The van der Waals surface area contributed by atoms with E-state index in [4.69, 9.17) is 0 Å². The zero-order valence-electron chi connectivity index (χ0n) is 17.1. The molecule has 1 saturated heterocycles. The number of halogens is 1. The van der Waals surface area contributed by atoms with Crippen LogP contribution in [0.4, 0.5) is 15.8 Å². The Balaban J connectivity index is 1.89. The molecule has 1 N–H and O–H groups in total. The van der Waals surface area contributed by atoms with Crippen molar-refractivity contribution in [1.82, 2.24) is 0 Å². The van der Waals surface area contributed by atoms with E-state index >= 15 is 0 Å². The highest BCUT2D eigenvalue weighted by atomic mass is 19.1. The number of carbonyl (C=O) groups is 2. The van der Waals surface area contributed by atoms with E-state index in [0.29, 0.717) is 11.3 Å². The van der Waals surface area contributed by atoms with Crippen molar-refractivity contribution in [3.05, 3.63) is 101 Å². The fourth-order valence-electron chi connectivity index (χ4n) is 3.72. The average Bonchev–Trinajstić information content (AvgIpc) is 3.05. The average molecular weight is 416 g/mol. The smallest absolute Gasteiger partial charge is 0.300 e. The first-order valence-corrected chi connectivity index (χ1v) is 9.78. The van der Waals surface area contributed by atoms with Gasteiger partial charge in [-0.15, -0.1) is 0 Å². The molecule has 31 heavy (non-hydrogen) atoms. The van der Waals surface area contributed by atoms with Gasteiger partial charge in [0.1, 0.15) is 11.6 Å². The SMILES string of the molecule is CN(C)c1ccc(N2C(=O)C(=O)/C(=C(/O)c3ccc(F)cc3)C2c2ccccc2)cc1. The van der Waals surface area contributed by atoms with Gasteiger partial charge in [0.2, 0.25) is 0 Å². The van der Waals surface area contributed by atoms with Gasteiger partial charge < -0.3 is 10.0 Å². The number of carbonyl (C=O) groups excluding carboxylic acids is 2. The molecule has 1 aliphatic rings. The Morgan fingerprint density at radius 1 is 0.903 bits per heavy atom. The summed E-state index contributed by atoms with van der Waals surface area (Å²) in [6.07, 6.45) is 0. The number of hydrogen-bond donors (Lipinski definition) is 1. The normalized spacial score (nSPS) is 17.8. The standard InChI is InChI=1S/C25H21FN2O3/c1-27(2)19-12-14-20(15-13-19)28-22(16-6-4-3-5-7-16)21(24(30)25(28)31)23(29)17-8-10-18(26)11-9-17/h3-15,22,29H,1-2H3/b23-21+. The number of benzene rings is 3. The first-order chi connectivity index (χ1) is 14.9. The molecular formula is C25H21FN2O3. The van der Waals surface area contributed by atoms with Crippen LogP contribution in [0.15, 0.2) is 84.4 Å². The molecule has 1 atom stereocenters. The minimum Gasteiger partial charge on any atom is -0.507 e. The monoisotopic (exact) mass is 416 g/mol. The molecule has 156 valence electrons. The van der Waals surface area contributed by atoms with E-state index in [1.807, 2.05) is 49.3 Å². The molecule has 1 aliphatic heterocycles. The molecule has 1 heterocycles. The molecule has 1 amide bonds. The number of aliphatic hydroxyl groups is 1. The topological polar surface area (TPSA) is 60.9 Å². The molecule has 6 heteroatoms. The van der Waals surface area contributed by atoms with Crippen molar-refractivity contribution in [3.63, 3.8) is 0 Å². The highest BCUT2D eigenvalue weighted by Crippen LogP contribution is 2.42. The highest BCUT2D eigenvalue weighted by Gasteiger charge is 2.46. The molecule has 0 aliphatic carbocycles. The molecule has 1 fully saturated rings. The Kier molecular flexibility index (Phi) is 5.29. The largest absolute Gasteiger partial charge is 0.507 e. The summed E-state index contributed by atoms with van der Waals surface area (Å²) in [5.74, 6) is -2.31. The van der Waals surface area contributed by atoms with E-state index in [-0.39, 0.29) is 16.9 Å². The van der Waals surface area contributed by atoms with Crippen molar-refractivity contribution in [3.8, 4) is 0 Å². The lowest BCUT2D eigenvalue weighted by Gasteiger charge is -2.26. The summed E-state index contributed by atoms with van der Waals surface area (Å²) in [5, 5.41) is 11.0. The Labute approximate surface area is 179 Å². The van der Waals surface area contributed by atoms with Crippen LogP contribution in [0.25, 0.3) is 5.76 Å². The van der Waals surface area contributed by atoms with Crippen LogP contribution in [-0.2, 0) is 9.59 Å². The fourth-order valence-corrected chi connectivity index (χ4v) is 3.72. The van der Waals surface area contributed by atoms with Gasteiger partial charge in [-0.25, -0.2) is 4.39 Å². The van der Waals surface area contributed by atoms with Crippen molar-refractivity contribution in [2.45, 2.75) is 6.04 Å². The van der Waals surface area contributed by atoms with Crippen LogP contribution in [0.1, 0.15) is 17.2 Å². The summed E-state index contributed by atoms with van der Waals surface area (Å²) < 4.78 is 13.4. The third-order valence-corrected chi connectivity index (χ3v) is 5.32. The summed E-state index contributed by atoms with van der Waals surface area (Å²) >= 11 is 0. The van der Waals surface area contributed by atoms with Gasteiger partial charge in [-0.05, 0) is 54.1 Å². The molecule has 5 nitrogen and oxygen atoms in total. The van der Waals surface area contributed by atoms with Gasteiger partial charge in [0.25, 0.3) is 11.7 Å². The number of hydrogen-bond acceptors (Lipinski definition) is 4. The van der Waals surface area contributed by atoms with Crippen molar-refractivity contribution in [1.29, 1.82) is 0 Å². The third-order valence-electron chi connectivity index (χ3n) is 5.32. The molecule has 0 radical (unpaired) electrons. The third kappa shape index (κ3) is 3.68. The predicted molar refractivity (Wildman–Crippen MR) is 118 cm³/mol. The van der Waals surface area contributed by atoms with Gasteiger partial charge in [0.15, 0.2) is 0 Å². The molecular weight excluding hydrogens is 395 g/mol. The van der Waals surface area contributed by atoms with Gasteiger partial charge in [-0.1, -0.05) is 30.3 Å². The summed E-state index contributed by atoms with van der Waals surface area (Å²) in [5.41, 5.74) is 2.41. The molecule has 4 rings (SSSR count). The first-order valence-electron chi connectivity index (χ1n) is 9.78. The minimum absolute atomic E-state index is 0.0282. The summed E-state index contributed by atoms with van der Waals surface area (Å²) in [7, 11) is 3.82. The van der Waals surface area contributed by atoms with Gasteiger partial charge in [0.05, 0.1) is 11.6 Å². The lowest BCUT2D eigenvalue weighted by Crippen LogP contribution is -2.29. The lowest BCUT2D eigenvalue weighted by atomic mass is 9.95. The Morgan fingerprint density at radius 3 is 2.10 bits per heavy atom. The molecule has 0 aromatic heterocycles. The second kappa shape index (κ2) is 8.07. The van der Waals surface area contributed by atoms with Crippen LogP contribution in [-0.4, -0.2) is 30.9 Å². The Hall–Kier alpha value is -3.93. The zero-order chi connectivity index (χ0) is 22.1. The van der Waals surface area contributed by atoms with Crippen LogP contribution >= 0.6 is 0 Å². The van der Waals surface area contributed by atoms with Crippen LogP contribution in [0.2, 0.25) is 0 Å². The van der Waals surface area contributed by atoms with Gasteiger partial charge in [-0.3, -0.25) is 14.5 Å². The molecule has 3 aromatic rings. The van der Waals surface area contributed by atoms with E-state index in [9.17, 15) is 19.1 Å². The highest BCUT2D eigenvalue weighted by molar-refractivity contribution is 6.51. The van der Waals surface area contributed by atoms with Crippen molar-refractivity contribution in [2.24, 2.45) is 0 Å². The van der Waals surface area contributed by atoms with E-state index in [1.54, 1.807) is 24.3 Å². The van der Waals surface area contributed by atoms with Crippen LogP contribution in [0, 0.1) is 5.82 Å². The number of ketones is 1. The maximum absolute atomic E-state index is 13.4. The predicted octanol–water partition coefficient (Wildman–Crippen LogP) is 4.52. The summed E-state index contributed by atoms with van der Waals surface area (Å²) in [4.78, 5) is 29.4. The molecule has 0 spiro atoms. The number of anilines is 2. The van der Waals surface area contributed by atoms with E-state index in [0.717, 1.165) is 5.69 Å². The van der Waals surface area contributed by atoms with E-state index in [1.165, 1.54) is 29.2 Å². The summed E-state index contributed by atoms with van der Waals surface area (Å²) in [6, 6.07) is 20.7. The zero-order valence-corrected chi connectivity index (χ0v) is 17.1. The maximum atomic E-state index is 13.4. The fraction of sp³-hybridized carbons (Fsp3) is 0.120. The van der Waals surface area contributed by atoms with Crippen LogP contribution in [0.3, 0.4) is 0 Å². The van der Waals surface area contributed by atoms with Crippen molar-refractivity contribution < 1.29 is 19.1 Å². The number of Topliss-reactive ketones (excluding diaryl/α,β-unsaturated/α-hetero) is 1. The molecule has 3 aromatic carbocycles. The maximum Gasteiger partial charge on any atom is 0.300 e. The molecule has 0 bridgehead atoms. The molecule has 0 saturated carbocycles. The second-order valence-electron chi connectivity index (χ2n) is 7.50. The van der Waals surface area contributed by atoms with Crippen molar-refractivity contribution >= 4 is 28.8 Å². The minimum atomic E-state index is -0.809. The first kappa shape index (κ1) is 20.3. The van der Waals surface area contributed by atoms with E-state index in [2.05, 4.69) is 0 Å². The number of rotatable bonds is 4. The Morgan fingerprint density at radius 2 is 1.52 bits per heavy atom. The summed E-state index contributed by atoms with van der Waals surface area (Å²) in [6.45, 7) is 0. The van der Waals surface area contributed by atoms with Gasteiger partial charge in [-0.2, -0.15) is 0 Å². The van der Waals surface area contributed by atoms with Gasteiger partial charge >= 0.3 is 0 Å². The Bertz CT molecular complexity index is 1150. The van der Waals surface area contributed by atoms with E-state index < -0.39 is 23.5 Å². The quantitative estimate of drug-likeness (QED) is 0.386. The van der Waals surface area contributed by atoms with Gasteiger partial charge in [0, 0.05) is 31.0 Å². The number of nitrogens with zero attached hydrogens (tertiary/aromatic N) is 2. The van der Waals surface area contributed by atoms with Crippen molar-refractivity contribution in [2.75, 3.05) is 23.9 Å². The second-order valence-corrected chi connectivity index (χ2v) is 7.50. The lowest BCUT2D eigenvalue weighted by molar-refractivity contribution is -0.132. The number of aliphatic hydroxyl groups excluding tert-OH is 1. The van der Waals surface area contributed by atoms with Crippen LogP contribution in [0.5, 0.6) is 0 Å². The number of amides is 1. The van der Waals surface area contributed by atoms with Crippen LogP contribution < -0.4 is 9.80 Å².